The summed E-state index contributed by atoms with van der Waals surface area (Å²) >= 11 is 0. The van der Waals surface area contributed by atoms with Gasteiger partial charge in [-0.2, -0.15) is 0 Å². The number of hydrogen-bond donors (Lipinski definition) is 1. The fourth-order valence-corrected chi connectivity index (χ4v) is 2.33. The summed E-state index contributed by atoms with van der Waals surface area (Å²) in [7, 11) is 2.83. The summed E-state index contributed by atoms with van der Waals surface area (Å²) in [4.78, 5) is 31.4. The van der Waals surface area contributed by atoms with Crippen LogP contribution in [0.5, 0.6) is 5.75 Å². The topological polar surface area (TPSA) is 81.3 Å². The molecule has 0 radical (unpaired) electrons. The Morgan fingerprint density at radius 2 is 1.87 bits per heavy atom. The molecule has 3 aromatic rings. The molecule has 1 N–H and O–H groups in total. The number of aromatic nitrogens is 2. The van der Waals surface area contributed by atoms with Crippen molar-refractivity contribution in [2.24, 2.45) is 0 Å². The number of nitrogens with one attached hydrogen (secondary N) is 1. The van der Waals surface area contributed by atoms with E-state index >= 15 is 0 Å². The van der Waals surface area contributed by atoms with Crippen LogP contribution in [-0.2, 0) is 4.74 Å². The first-order chi connectivity index (χ1) is 11.1. The quantitative estimate of drug-likeness (QED) is 0.591. The number of carbonyl (C=O) groups is 2. The lowest BCUT2D eigenvalue weighted by Gasteiger charge is -2.03. The Bertz CT molecular complexity index is 898. The predicted molar refractivity (Wildman–Crippen MR) is 83.9 cm³/mol. The maximum Gasteiger partial charge on any atom is 0.356 e. The van der Waals surface area contributed by atoms with E-state index in [1.807, 2.05) is 12.1 Å². The van der Waals surface area contributed by atoms with Crippen LogP contribution in [0.1, 0.15) is 26.5 Å². The van der Waals surface area contributed by atoms with E-state index in [4.69, 9.17) is 4.74 Å². The zero-order valence-corrected chi connectivity index (χ0v) is 12.6. The first-order valence-corrected chi connectivity index (χ1v) is 6.89. The molecule has 0 saturated heterocycles. The van der Waals surface area contributed by atoms with Crippen LogP contribution >= 0.6 is 0 Å². The van der Waals surface area contributed by atoms with Crippen molar-refractivity contribution in [1.82, 2.24) is 9.97 Å². The van der Waals surface area contributed by atoms with Crippen LogP contribution in [0.25, 0.3) is 10.9 Å². The fraction of sp³-hybridized carbons (Fsp3) is 0.118. The summed E-state index contributed by atoms with van der Waals surface area (Å²) in [5.41, 5.74) is 1.55. The normalized spacial score (nSPS) is 10.5. The Balaban J connectivity index is 2.05. The monoisotopic (exact) mass is 310 g/mol. The lowest BCUT2D eigenvalue weighted by atomic mass is 10.1. The van der Waals surface area contributed by atoms with Crippen LogP contribution in [0.2, 0.25) is 0 Å². The van der Waals surface area contributed by atoms with Crippen molar-refractivity contribution in [1.29, 1.82) is 0 Å². The molecule has 0 aliphatic carbocycles. The summed E-state index contributed by atoms with van der Waals surface area (Å²) in [6.07, 6.45) is 1.62. The molecule has 2 heterocycles. The van der Waals surface area contributed by atoms with Gasteiger partial charge >= 0.3 is 5.97 Å². The Labute approximate surface area is 132 Å². The number of benzene rings is 1. The number of pyridine rings is 1. The number of fused-ring (bicyclic) bond motifs is 1. The average molecular weight is 310 g/mol. The van der Waals surface area contributed by atoms with E-state index in [1.165, 1.54) is 13.2 Å². The molecule has 3 rings (SSSR count). The third-order valence-electron chi connectivity index (χ3n) is 3.51. The van der Waals surface area contributed by atoms with E-state index in [1.54, 1.807) is 31.5 Å². The first kappa shape index (κ1) is 14.8. The predicted octanol–water partition coefficient (Wildman–Crippen LogP) is 2.59. The molecule has 0 fully saturated rings. The van der Waals surface area contributed by atoms with Crippen molar-refractivity contribution in [2.75, 3.05) is 14.2 Å². The number of nitrogens with zero attached hydrogens (tertiary/aromatic N) is 1. The average Bonchev–Trinajstić information content (AvgIpc) is 3.03. The standard InChI is InChI=1S/C17H14N2O4/c1-22-10-6-7-13-11(8-10)12(9-18-13)16(20)14-4-3-5-15(19-14)17(21)23-2/h3-9,18H,1-2H3. The van der Waals surface area contributed by atoms with E-state index in [0.717, 1.165) is 10.9 Å². The van der Waals surface area contributed by atoms with Gasteiger partial charge in [0.15, 0.2) is 0 Å². The molecule has 0 aliphatic heterocycles. The SMILES string of the molecule is COC(=O)c1cccc(C(=O)c2c[nH]c3ccc(OC)cc23)n1. The van der Waals surface area contributed by atoms with E-state index < -0.39 is 5.97 Å². The molecule has 0 bridgehead atoms. The Kier molecular flexibility index (Phi) is 3.80. The number of carbonyl (C=O) groups excluding carboxylic acids is 2. The van der Waals surface area contributed by atoms with Gasteiger partial charge in [-0.25, -0.2) is 9.78 Å². The van der Waals surface area contributed by atoms with Gasteiger partial charge in [-0.15, -0.1) is 0 Å². The van der Waals surface area contributed by atoms with Gasteiger partial charge in [0, 0.05) is 22.7 Å². The Hall–Kier alpha value is -3.15. The summed E-state index contributed by atoms with van der Waals surface area (Å²) in [5, 5.41) is 0.736. The van der Waals surface area contributed by atoms with Gasteiger partial charge in [0.05, 0.1) is 14.2 Å². The lowest BCUT2D eigenvalue weighted by Crippen LogP contribution is -2.09. The molecule has 116 valence electrons. The van der Waals surface area contributed by atoms with Crippen molar-refractivity contribution in [3.05, 3.63) is 59.5 Å². The number of ether oxygens (including phenoxy) is 2. The molecule has 0 amide bonds. The molecule has 1 aromatic carbocycles. The summed E-state index contributed by atoms with van der Waals surface area (Å²) in [5.74, 6) is -0.210. The van der Waals surface area contributed by atoms with E-state index in [-0.39, 0.29) is 17.2 Å². The molecule has 6 nitrogen and oxygen atoms in total. The van der Waals surface area contributed by atoms with E-state index in [0.29, 0.717) is 11.3 Å². The maximum absolute atomic E-state index is 12.7. The van der Waals surface area contributed by atoms with Crippen molar-refractivity contribution in [3.63, 3.8) is 0 Å². The van der Waals surface area contributed by atoms with E-state index in [9.17, 15) is 9.59 Å². The maximum atomic E-state index is 12.7. The summed E-state index contributed by atoms with van der Waals surface area (Å²) in [6, 6.07) is 10.1. The van der Waals surface area contributed by atoms with Gasteiger partial charge in [0.2, 0.25) is 5.78 Å². The van der Waals surface area contributed by atoms with Crippen molar-refractivity contribution >= 4 is 22.7 Å². The second kappa shape index (κ2) is 5.92. The van der Waals surface area contributed by atoms with Crippen molar-refractivity contribution in [2.45, 2.75) is 0 Å². The van der Waals surface area contributed by atoms with Crippen LogP contribution in [-0.4, -0.2) is 35.9 Å². The molecule has 0 saturated carbocycles. The van der Waals surface area contributed by atoms with Crippen molar-refractivity contribution in [3.8, 4) is 5.75 Å². The van der Waals surface area contributed by atoms with Gasteiger partial charge in [0.25, 0.3) is 0 Å². The highest BCUT2D eigenvalue weighted by atomic mass is 16.5. The Morgan fingerprint density at radius 1 is 1.09 bits per heavy atom. The van der Waals surface area contributed by atoms with E-state index in [2.05, 4.69) is 14.7 Å². The molecule has 23 heavy (non-hydrogen) atoms. The highest BCUT2D eigenvalue weighted by Crippen LogP contribution is 2.25. The molecular weight excluding hydrogens is 296 g/mol. The van der Waals surface area contributed by atoms with Crippen LogP contribution in [0.4, 0.5) is 0 Å². The molecule has 0 unspecified atom stereocenters. The van der Waals surface area contributed by atoms with Crippen LogP contribution in [0, 0.1) is 0 Å². The van der Waals surface area contributed by atoms with Gasteiger partial charge in [0.1, 0.15) is 17.1 Å². The number of esters is 1. The zero-order chi connectivity index (χ0) is 16.4. The minimum absolute atomic E-state index is 0.0933. The molecule has 0 aliphatic rings. The molecule has 2 aromatic heterocycles. The van der Waals surface area contributed by atoms with Gasteiger partial charge in [-0.05, 0) is 30.3 Å². The second-order valence-corrected chi connectivity index (χ2v) is 4.84. The number of ketones is 1. The molecular formula is C17H14N2O4. The first-order valence-electron chi connectivity index (χ1n) is 6.89. The molecule has 0 spiro atoms. The van der Waals surface area contributed by atoms with Crippen LogP contribution in [0.15, 0.2) is 42.6 Å². The fourth-order valence-electron chi connectivity index (χ4n) is 2.33. The number of aromatic amines is 1. The highest BCUT2D eigenvalue weighted by molar-refractivity contribution is 6.15. The summed E-state index contributed by atoms with van der Waals surface area (Å²) in [6.45, 7) is 0. The third kappa shape index (κ3) is 2.66. The molecule has 6 heteroatoms. The minimum atomic E-state index is -0.583. The number of rotatable bonds is 4. The summed E-state index contributed by atoms with van der Waals surface area (Å²) < 4.78 is 9.82. The lowest BCUT2D eigenvalue weighted by molar-refractivity contribution is 0.0594. The van der Waals surface area contributed by atoms with Gasteiger partial charge < -0.3 is 14.5 Å². The highest BCUT2D eigenvalue weighted by Gasteiger charge is 2.18. The van der Waals surface area contributed by atoms with Crippen molar-refractivity contribution < 1.29 is 19.1 Å². The molecule has 0 atom stereocenters. The smallest absolute Gasteiger partial charge is 0.356 e. The van der Waals surface area contributed by atoms with Crippen LogP contribution < -0.4 is 4.74 Å². The third-order valence-corrected chi connectivity index (χ3v) is 3.51. The number of H-pyrrole nitrogens is 1. The minimum Gasteiger partial charge on any atom is -0.497 e. The van der Waals surface area contributed by atoms with Gasteiger partial charge in [-0.3, -0.25) is 4.79 Å². The second-order valence-electron chi connectivity index (χ2n) is 4.84. The number of hydrogen-bond acceptors (Lipinski definition) is 5. The largest absolute Gasteiger partial charge is 0.497 e. The Morgan fingerprint density at radius 3 is 2.61 bits per heavy atom. The number of methoxy groups -OCH3 is 2. The van der Waals surface area contributed by atoms with Gasteiger partial charge in [-0.1, -0.05) is 6.07 Å². The zero-order valence-electron chi connectivity index (χ0n) is 12.6. The van der Waals surface area contributed by atoms with Crippen LogP contribution in [0.3, 0.4) is 0 Å².